The van der Waals surface area contributed by atoms with Crippen LogP contribution in [-0.2, 0) is 20.9 Å². The van der Waals surface area contributed by atoms with E-state index in [9.17, 15) is 31.2 Å². The third-order valence-electron chi connectivity index (χ3n) is 3.29. The van der Waals surface area contributed by atoms with Crippen LogP contribution in [0.5, 0.6) is 0 Å². The first kappa shape index (κ1) is 20.4. The van der Waals surface area contributed by atoms with Gasteiger partial charge in [-0.3, -0.25) is 9.52 Å². The Balaban J connectivity index is 1.95. The van der Waals surface area contributed by atoms with Crippen molar-refractivity contribution in [3.63, 3.8) is 0 Å². The summed E-state index contributed by atoms with van der Waals surface area (Å²) in [6.07, 6.45) is -3.54. The van der Waals surface area contributed by atoms with Gasteiger partial charge in [-0.15, -0.1) is 0 Å². The molecule has 0 aliphatic rings. The molecule has 0 aromatic heterocycles. The Morgan fingerprint density at radius 3 is 1.96 bits per heavy atom. The highest BCUT2D eigenvalue weighted by atomic mass is 32.2. The molecule has 2 aromatic rings. The molecule has 2 aromatic carbocycles. The molecule has 0 bridgehead atoms. The summed E-state index contributed by atoms with van der Waals surface area (Å²) in [5.74, 6) is -1.49. The highest BCUT2D eigenvalue weighted by Gasteiger charge is 2.30. The normalized spacial score (nSPS) is 11.7. The molecule has 2 rings (SSSR count). The van der Waals surface area contributed by atoms with Crippen molar-refractivity contribution in [3.05, 3.63) is 65.2 Å². The highest BCUT2D eigenvalue weighted by molar-refractivity contribution is 7.92. The monoisotopic (exact) mass is 401 g/mol. The first-order valence-corrected chi connectivity index (χ1v) is 9.30. The molecule has 144 valence electrons. The number of esters is 1. The second kappa shape index (κ2) is 7.78. The summed E-state index contributed by atoms with van der Waals surface area (Å²) < 4.78 is 66.7. The third-order valence-corrected chi connectivity index (χ3v) is 3.90. The Kier molecular flexibility index (Phi) is 5.89. The van der Waals surface area contributed by atoms with Crippen molar-refractivity contribution in [1.29, 1.82) is 0 Å². The predicted molar refractivity (Wildman–Crippen MR) is 91.0 cm³/mol. The number of carbonyl (C=O) groups excluding carboxylic acids is 2. The fourth-order valence-electron chi connectivity index (χ4n) is 2.03. The van der Waals surface area contributed by atoms with Crippen LogP contribution in [0.15, 0.2) is 48.5 Å². The van der Waals surface area contributed by atoms with Crippen LogP contribution in [0.3, 0.4) is 0 Å². The molecule has 0 atom stereocenters. The van der Waals surface area contributed by atoms with Crippen molar-refractivity contribution in [2.45, 2.75) is 6.18 Å². The van der Waals surface area contributed by atoms with Gasteiger partial charge >= 0.3 is 12.1 Å². The Morgan fingerprint density at radius 2 is 1.48 bits per heavy atom. The lowest BCUT2D eigenvalue weighted by Gasteiger charge is -2.08. The van der Waals surface area contributed by atoms with Crippen molar-refractivity contribution in [2.24, 2.45) is 0 Å². The second-order valence-electron chi connectivity index (χ2n) is 5.53. The van der Waals surface area contributed by atoms with Gasteiger partial charge in [0.05, 0.1) is 17.4 Å². The van der Waals surface area contributed by atoms with E-state index in [1.165, 1.54) is 24.3 Å². The molecule has 0 amide bonds. The minimum Gasteiger partial charge on any atom is -0.454 e. The number of Topliss-reactive ketones (excluding diaryl/α,β-unsaturated/α-hetero) is 1. The minimum atomic E-state index is -4.52. The topological polar surface area (TPSA) is 89.5 Å². The lowest BCUT2D eigenvalue weighted by molar-refractivity contribution is -0.137. The molecule has 0 fully saturated rings. The minimum absolute atomic E-state index is 0.122. The molecular formula is C17H14F3NO5S. The van der Waals surface area contributed by atoms with Gasteiger partial charge in [-0.05, 0) is 48.5 Å². The summed E-state index contributed by atoms with van der Waals surface area (Å²) >= 11 is 0. The number of nitrogens with one attached hydrogen (secondary N) is 1. The summed E-state index contributed by atoms with van der Waals surface area (Å²) in [7, 11) is -3.45. The zero-order chi connectivity index (χ0) is 20.2. The SMILES string of the molecule is CS(=O)(=O)Nc1ccc(C(=O)COC(=O)c2ccc(C(F)(F)F)cc2)cc1. The average Bonchev–Trinajstić information content (AvgIpc) is 2.58. The van der Waals surface area contributed by atoms with E-state index in [1.54, 1.807) is 0 Å². The zero-order valence-corrected chi connectivity index (χ0v) is 14.7. The standard InChI is InChI=1S/C17H14F3NO5S/c1-27(24,25)21-14-8-4-11(5-9-14)15(22)10-26-16(23)12-2-6-13(7-3-12)17(18,19)20/h2-9,21H,10H2,1H3. The highest BCUT2D eigenvalue weighted by Crippen LogP contribution is 2.29. The zero-order valence-electron chi connectivity index (χ0n) is 13.9. The summed E-state index contributed by atoms with van der Waals surface area (Å²) in [5.41, 5.74) is -0.591. The van der Waals surface area contributed by atoms with Crippen LogP contribution in [0.4, 0.5) is 18.9 Å². The fraction of sp³-hybridized carbons (Fsp3) is 0.176. The maximum Gasteiger partial charge on any atom is 0.416 e. The molecule has 0 spiro atoms. The average molecular weight is 401 g/mol. The predicted octanol–water partition coefficient (Wildman–Crippen LogP) is 3.12. The number of anilines is 1. The van der Waals surface area contributed by atoms with Gasteiger partial charge in [0.15, 0.2) is 12.4 Å². The second-order valence-corrected chi connectivity index (χ2v) is 7.27. The number of ketones is 1. The van der Waals surface area contributed by atoms with Crippen LogP contribution < -0.4 is 4.72 Å². The van der Waals surface area contributed by atoms with Crippen molar-refractivity contribution < 1.29 is 35.9 Å². The molecule has 0 unspecified atom stereocenters. The molecule has 1 N–H and O–H groups in total. The lowest BCUT2D eigenvalue weighted by atomic mass is 10.1. The first-order valence-electron chi connectivity index (χ1n) is 7.41. The number of carbonyl (C=O) groups is 2. The van der Waals surface area contributed by atoms with Gasteiger partial charge in [0.1, 0.15) is 0 Å². The molecule has 0 radical (unpaired) electrons. The van der Waals surface area contributed by atoms with E-state index in [4.69, 9.17) is 4.74 Å². The maximum absolute atomic E-state index is 12.5. The smallest absolute Gasteiger partial charge is 0.416 e. The van der Waals surface area contributed by atoms with Crippen LogP contribution in [0.25, 0.3) is 0 Å². The maximum atomic E-state index is 12.5. The van der Waals surface area contributed by atoms with Gasteiger partial charge in [0.2, 0.25) is 10.0 Å². The molecule has 6 nitrogen and oxygen atoms in total. The quantitative estimate of drug-likeness (QED) is 0.593. The lowest BCUT2D eigenvalue weighted by Crippen LogP contribution is -2.15. The van der Waals surface area contributed by atoms with Crippen LogP contribution >= 0.6 is 0 Å². The number of hydrogen-bond acceptors (Lipinski definition) is 5. The summed E-state index contributed by atoms with van der Waals surface area (Å²) in [6, 6.07) is 8.84. The Labute approximate surface area is 153 Å². The number of rotatable bonds is 6. The number of ether oxygens (including phenoxy) is 1. The Bertz CT molecular complexity index is 936. The number of alkyl halides is 3. The van der Waals surface area contributed by atoms with Crippen LogP contribution in [0, 0.1) is 0 Å². The van der Waals surface area contributed by atoms with E-state index >= 15 is 0 Å². The van der Waals surface area contributed by atoms with Gasteiger partial charge < -0.3 is 4.74 Å². The van der Waals surface area contributed by atoms with Crippen molar-refractivity contribution in [1.82, 2.24) is 0 Å². The summed E-state index contributed by atoms with van der Waals surface area (Å²) in [6.45, 7) is -0.612. The van der Waals surface area contributed by atoms with E-state index in [-0.39, 0.29) is 16.8 Å². The van der Waals surface area contributed by atoms with Gasteiger partial charge in [-0.25, -0.2) is 13.2 Å². The van der Waals surface area contributed by atoms with Gasteiger partial charge in [-0.1, -0.05) is 0 Å². The third kappa shape index (κ3) is 6.10. The molecular weight excluding hydrogens is 387 g/mol. The molecule has 0 heterocycles. The Hall–Kier alpha value is -2.88. The van der Waals surface area contributed by atoms with Crippen molar-refractivity contribution in [2.75, 3.05) is 17.6 Å². The number of benzene rings is 2. The number of halogens is 3. The van der Waals surface area contributed by atoms with Crippen molar-refractivity contribution in [3.8, 4) is 0 Å². The molecule has 27 heavy (non-hydrogen) atoms. The molecule has 0 aliphatic carbocycles. The largest absolute Gasteiger partial charge is 0.454 e. The van der Waals surface area contributed by atoms with E-state index in [1.807, 2.05) is 0 Å². The summed E-state index contributed by atoms with van der Waals surface area (Å²) in [4.78, 5) is 23.8. The van der Waals surface area contributed by atoms with E-state index < -0.39 is 40.1 Å². The van der Waals surface area contributed by atoms with Crippen LogP contribution in [0.1, 0.15) is 26.3 Å². The molecule has 0 saturated carbocycles. The number of hydrogen-bond donors (Lipinski definition) is 1. The fourth-order valence-corrected chi connectivity index (χ4v) is 2.60. The van der Waals surface area contributed by atoms with E-state index in [0.29, 0.717) is 0 Å². The first-order chi connectivity index (χ1) is 12.5. The Morgan fingerprint density at radius 1 is 0.963 bits per heavy atom. The van der Waals surface area contributed by atoms with Crippen LogP contribution in [0.2, 0.25) is 0 Å². The van der Waals surface area contributed by atoms with Gasteiger partial charge in [0, 0.05) is 11.3 Å². The van der Waals surface area contributed by atoms with Gasteiger partial charge in [0.25, 0.3) is 0 Å². The molecule has 0 aliphatic heterocycles. The number of sulfonamides is 1. The van der Waals surface area contributed by atoms with Crippen molar-refractivity contribution >= 4 is 27.5 Å². The summed E-state index contributed by atoms with van der Waals surface area (Å²) in [5, 5.41) is 0. The van der Waals surface area contributed by atoms with Gasteiger partial charge in [-0.2, -0.15) is 13.2 Å². The van der Waals surface area contributed by atoms with E-state index in [0.717, 1.165) is 30.5 Å². The molecule has 10 heteroatoms. The van der Waals surface area contributed by atoms with Crippen LogP contribution in [-0.4, -0.2) is 33.0 Å². The molecule has 0 saturated heterocycles. The van der Waals surface area contributed by atoms with E-state index in [2.05, 4.69) is 4.72 Å².